The molecular weight excluding hydrogens is 198 g/mol. The van der Waals surface area contributed by atoms with Crippen molar-refractivity contribution in [3.63, 3.8) is 0 Å². The summed E-state index contributed by atoms with van der Waals surface area (Å²) in [5.41, 5.74) is 0.407. The van der Waals surface area contributed by atoms with Crippen molar-refractivity contribution < 1.29 is 14.4 Å². The summed E-state index contributed by atoms with van der Waals surface area (Å²) in [5.74, 6) is -0.362. The van der Waals surface area contributed by atoms with Gasteiger partial charge in [0.2, 0.25) is 0 Å². The zero-order valence-corrected chi connectivity index (χ0v) is 8.04. The van der Waals surface area contributed by atoms with Crippen molar-refractivity contribution in [3.05, 3.63) is 18.3 Å². The zero-order valence-electron chi connectivity index (χ0n) is 8.04. The molecule has 6 nitrogen and oxygen atoms in total. The summed E-state index contributed by atoms with van der Waals surface area (Å²) in [5, 5.41) is 13.0. The first-order valence-corrected chi connectivity index (χ1v) is 4.31. The average molecular weight is 207 g/mol. The van der Waals surface area contributed by atoms with Gasteiger partial charge in [0.25, 0.3) is 5.71 Å². The fourth-order valence-electron chi connectivity index (χ4n) is 1.24. The van der Waals surface area contributed by atoms with Crippen LogP contribution in [0.25, 0.3) is 11.1 Å². The van der Waals surface area contributed by atoms with Crippen LogP contribution in [0.5, 0.6) is 0 Å². The molecule has 6 heteroatoms. The highest BCUT2D eigenvalue weighted by atomic mass is 16.5. The van der Waals surface area contributed by atoms with Crippen LogP contribution in [0.15, 0.2) is 22.9 Å². The van der Waals surface area contributed by atoms with Crippen LogP contribution in [0.2, 0.25) is 0 Å². The molecule has 0 saturated heterocycles. The highest BCUT2D eigenvalue weighted by Gasteiger charge is 2.08. The van der Waals surface area contributed by atoms with Crippen molar-refractivity contribution in [1.29, 1.82) is 0 Å². The number of carbonyl (C=O) groups is 1. The van der Waals surface area contributed by atoms with E-state index < -0.39 is 5.97 Å². The second-order valence-corrected chi connectivity index (χ2v) is 3.14. The summed E-state index contributed by atoms with van der Waals surface area (Å²) in [7, 11) is 1.65. The van der Waals surface area contributed by atoms with Crippen LogP contribution in [0, 0.1) is 0 Å². The zero-order chi connectivity index (χ0) is 10.8. The van der Waals surface area contributed by atoms with E-state index in [1.807, 2.05) is 0 Å². The Kier molecular flexibility index (Phi) is 2.24. The number of pyridine rings is 1. The number of nitrogens with zero attached hydrogens (tertiary/aromatic N) is 3. The number of hydrogen-bond acceptors (Lipinski definition) is 5. The van der Waals surface area contributed by atoms with Crippen molar-refractivity contribution in [2.24, 2.45) is 0 Å². The fourth-order valence-corrected chi connectivity index (χ4v) is 1.24. The molecule has 0 aliphatic carbocycles. The third-order valence-corrected chi connectivity index (χ3v) is 1.97. The van der Waals surface area contributed by atoms with E-state index in [9.17, 15) is 4.79 Å². The molecule has 2 aromatic rings. The van der Waals surface area contributed by atoms with Crippen molar-refractivity contribution in [3.8, 4) is 0 Å². The molecule has 15 heavy (non-hydrogen) atoms. The Hall–Kier alpha value is -2.11. The number of anilines is 1. The highest BCUT2D eigenvalue weighted by Crippen LogP contribution is 2.16. The predicted molar refractivity (Wildman–Crippen MR) is 52.7 cm³/mol. The number of fused-ring (bicyclic) bond motifs is 1. The van der Waals surface area contributed by atoms with Gasteiger partial charge in [0.1, 0.15) is 12.4 Å². The van der Waals surface area contributed by atoms with Gasteiger partial charge >= 0.3 is 5.97 Å². The molecule has 0 bridgehead atoms. The Morgan fingerprint density at radius 1 is 1.60 bits per heavy atom. The maximum Gasteiger partial charge on any atom is 0.323 e. The summed E-state index contributed by atoms with van der Waals surface area (Å²) >= 11 is 0. The molecule has 0 aromatic carbocycles. The summed E-state index contributed by atoms with van der Waals surface area (Å²) in [6.45, 7) is -0.105. The molecule has 0 amide bonds. The van der Waals surface area contributed by atoms with Crippen LogP contribution < -0.4 is 4.90 Å². The SMILES string of the molecule is CN(CC(=O)O)c1ccc2cnoc2n1. The van der Waals surface area contributed by atoms with Crippen LogP contribution in [-0.4, -0.2) is 34.8 Å². The van der Waals surface area contributed by atoms with Crippen LogP contribution >= 0.6 is 0 Å². The van der Waals surface area contributed by atoms with E-state index in [0.29, 0.717) is 11.5 Å². The van der Waals surface area contributed by atoms with Crippen molar-refractivity contribution in [2.45, 2.75) is 0 Å². The Morgan fingerprint density at radius 3 is 3.13 bits per heavy atom. The van der Waals surface area contributed by atoms with Gasteiger partial charge in [0.05, 0.1) is 11.6 Å². The first-order valence-electron chi connectivity index (χ1n) is 4.31. The number of aromatic nitrogens is 2. The lowest BCUT2D eigenvalue weighted by Gasteiger charge is -2.14. The van der Waals surface area contributed by atoms with E-state index in [0.717, 1.165) is 5.39 Å². The van der Waals surface area contributed by atoms with Gasteiger partial charge in [-0.3, -0.25) is 4.79 Å². The molecular formula is C9H9N3O3. The number of rotatable bonds is 3. The van der Waals surface area contributed by atoms with Crippen molar-refractivity contribution >= 4 is 22.9 Å². The molecule has 2 rings (SSSR count). The lowest BCUT2D eigenvalue weighted by atomic mass is 10.3. The van der Waals surface area contributed by atoms with E-state index in [-0.39, 0.29) is 6.54 Å². The van der Waals surface area contributed by atoms with Gasteiger partial charge in [-0.25, -0.2) is 0 Å². The van der Waals surface area contributed by atoms with Crippen LogP contribution in [-0.2, 0) is 4.79 Å². The minimum atomic E-state index is -0.906. The molecule has 2 heterocycles. The summed E-state index contributed by atoms with van der Waals surface area (Å²) in [6, 6.07) is 3.51. The molecule has 1 N–H and O–H groups in total. The standard InChI is InChI=1S/C9H9N3O3/c1-12(5-8(13)14)7-3-2-6-4-10-15-9(6)11-7/h2-4H,5H2,1H3,(H,13,14). The molecule has 0 radical (unpaired) electrons. The van der Waals surface area contributed by atoms with E-state index in [1.165, 1.54) is 4.90 Å². The first-order chi connectivity index (χ1) is 7.16. The normalized spacial score (nSPS) is 10.5. The largest absolute Gasteiger partial charge is 0.480 e. The van der Waals surface area contributed by atoms with Crippen molar-refractivity contribution in [2.75, 3.05) is 18.5 Å². The lowest BCUT2D eigenvalue weighted by molar-refractivity contribution is -0.135. The topological polar surface area (TPSA) is 79.5 Å². The van der Waals surface area contributed by atoms with Gasteiger partial charge < -0.3 is 14.5 Å². The summed E-state index contributed by atoms with van der Waals surface area (Å²) in [6.07, 6.45) is 1.56. The molecule has 0 aliphatic rings. The monoisotopic (exact) mass is 207 g/mol. The van der Waals surface area contributed by atoms with E-state index in [4.69, 9.17) is 9.63 Å². The van der Waals surface area contributed by atoms with E-state index >= 15 is 0 Å². The molecule has 0 aliphatic heterocycles. The average Bonchev–Trinajstić information content (AvgIpc) is 2.62. The van der Waals surface area contributed by atoms with Crippen LogP contribution in [0.1, 0.15) is 0 Å². The quantitative estimate of drug-likeness (QED) is 0.799. The minimum absolute atomic E-state index is 0.105. The first kappa shape index (κ1) is 9.45. The fraction of sp³-hybridized carbons (Fsp3) is 0.222. The van der Waals surface area contributed by atoms with Gasteiger partial charge in [-0.15, -0.1) is 0 Å². The smallest absolute Gasteiger partial charge is 0.323 e. The highest BCUT2D eigenvalue weighted by molar-refractivity contribution is 5.76. The Balaban J connectivity index is 2.30. The molecule has 0 fully saturated rings. The molecule has 2 aromatic heterocycles. The Morgan fingerprint density at radius 2 is 2.40 bits per heavy atom. The number of aliphatic carboxylic acids is 1. The van der Waals surface area contributed by atoms with Crippen molar-refractivity contribution in [1.82, 2.24) is 10.1 Å². The molecule has 78 valence electrons. The molecule has 0 saturated carbocycles. The second-order valence-electron chi connectivity index (χ2n) is 3.14. The van der Waals surface area contributed by atoms with Gasteiger partial charge in [-0.05, 0) is 12.1 Å². The van der Waals surface area contributed by atoms with Crippen LogP contribution in [0.4, 0.5) is 5.82 Å². The number of carboxylic acids is 1. The number of carboxylic acid groups (broad SMARTS) is 1. The second kappa shape index (κ2) is 3.56. The molecule has 0 spiro atoms. The number of likely N-dealkylation sites (N-methyl/N-ethyl adjacent to an activating group) is 1. The third kappa shape index (κ3) is 1.88. The number of hydrogen-bond donors (Lipinski definition) is 1. The van der Waals surface area contributed by atoms with Gasteiger partial charge in [-0.2, -0.15) is 4.98 Å². The molecule has 0 atom stereocenters. The predicted octanol–water partition coefficient (Wildman–Crippen LogP) is 0.744. The maximum atomic E-state index is 10.5. The maximum absolute atomic E-state index is 10.5. The third-order valence-electron chi connectivity index (χ3n) is 1.97. The van der Waals surface area contributed by atoms with Gasteiger partial charge in [0.15, 0.2) is 0 Å². The summed E-state index contributed by atoms with van der Waals surface area (Å²) in [4.78, 5) is 16.1. The minimum Gasteiger partial charge on any atom is -0.480 e. The Bertz CT molecular complexity index is 494. The van der Waals surface area contributed by atoms with E-state index in [1.54, 1.807) is 25.4 Å². The lowest BCUT2D eigenvalue weighted by Crippen LogP contribution is -2.25. The summed E-state index contributed by atoms with van der Waals surface area (Å²) < 4.78 is 4.88. The van der Waals surface area contributed by atoms with Gasteiger partial charge in [-0.1, -0.05) is 5.16 Å². The molecule has 0 unspecified atom stereocenters. The van der Waals surface area contributed by atoms with Gasteiger partial charge in [0, 0.05) is 7.05 Å². The Labute approximate surface area is 85.1 Å². The van der Waals surface area contributed by atoms with E-state index in [2.05, 4.69) is 10.1 Å². The van der Waals surface area contributed by atoms with Crippen LogP contribution in [0.3, 0.4) is 0 Å².